The largest absolute Gasteiger partial charge is 0.369 e. The summed E-state index contributed by atoms with van der Waals surface area (Å²) in [6.07, 6.45) is 2.66. The predicted octanol–water partition coefficient (Wildman–Crippen LogP) is 4.14. The molecule has 0 fully saturated rings. The van der Waals surface area contributed by atoms with Gasteiger partial charge in [-0.25, -0.2) is 18.2 Å². The topological polar surface area (TPSA) is 76.7 Å². The van der Waals surface area contributed by atoms with Gasteiger partial charge in [0, 0.05) is 30.7 Å². The van der Waals surface area contributed by atoms with Crippen molar-refractivity contribution in [2.75, 3.05) is 11.9 Å². The van der Waals surface area contributed by atoms with Gasteiger partial charge in [0.1, 0.15) is 11.6 Å². The van der Waals surface area contributed by atoms with Crippen LogP contribution in [0, 0.1) is 17.5 Å². The van der Waals surface area contributed by atoms with Crippen LogP contribution in [0.3, 0.4) is 0 Å². The third-order valence-corrected chi connectivity index (χ3v) is 4.03. The molecule has 0 saturated heterocycles. The van der Waals surface area contributed by atoms with Crippen LogP contribution in [0.25, 0.3) is 22.4 Å². The summed E-state index contributed by atoms with van der Waals surface area (Å²) in [5, 5.41) is 6.95. The lowest BCUT2D eigenvalue weighted by Crippen LogP contribution is -2.05. The monoisotopic (exact) mass is 385 g/mol. The molecular weight excluding hydrogens is 371 g/mol. The first-order valence-electron chi connectivity index (χ1n) is 8.53. The Balaban J connectivity index is 1.33. The third kappa shape index (κ3) is 3.93. The zero-order valence-electron chi connectivity index (χ0n) is 14.5. The van der Waals surface area contributed by atoms with E-state index < -0.39 is 11.6 Å². The number of hydrogen-bond donors (Lipinski definition) is 1. The van der Waals surface area contributed by atoms with Crippen LogP contribution in [-0.4, -0.2) is 26.7 Å². The summed E-state index contributed by atoms with van der Waals surface area (Å²) in [6.45, 7) is 0.540. The molecule has 2 heterocycles. The maximum Gasteiger partial charge on any atom is 0.227 e. The van der Waals surface area contributed by atoms with Gasteiger partial charge in [-0.2, -0.15) is 4.98 Å². The van der Waals surface area contributed by atoms with Crippen LogP contribution in [0.1, 0.15) is 12.3 Å². The predicted molar refractivity (Wildman–Crippen MR) is 96.0 cm³/mol. The number of benzene rings is 2. The van der Waals surface area contributed by atoms with Gasteiger partial charge in [0.15, 0.2) is 11.6 Å². The minimum Gasteiger partial charge on any atom is -0.369 e. The summed E-state index contributed by atoms with van der Waals surface area (Å²) < 4.78 is 44.7. The normalized spacial score (nSPS) is 11.1. The zero-order valence-corrected chi connectivity index (χ0v) is 14.5. The molecule has 1 N–H and O–H groups in total. The van der Waals surface area contributed by atoms with E-state index in [0.717, 1.165) is 12.1 Å². The quantitative estimate of drug-likeness (QED) is 0.503. The van der Waals surface area contributed by atoms with Crippen molar-refractivity contribution in [2.24, 2.45) is 0 Å². The second kappa shape index (κ2) is 7.63. The highest BCUT2D eigenvalue weighted by atomic mass is 19.2. The van der Waals surface area contributed by atoms with Gasteiger partial charge in [-0.05, 0) is 30.7 Å². The second-order valence-electron chi connectivity index (χ2n) is 6.06. The highest BCUT2D eigenvalue weighted by Gasteiger charge is 2.09. The molecule has 0 bridgehead atoms. The Hall–Kier alpha value is -3.49. The molecule has 6 nitrogen and oxygen atoms in total. The van der Waals surface area contributed by atoms with Crippen LogP contribution < -0.4 is 5.32 Å². The van der Waals surface area contributed by atoms with Crippen LogP contribution in [0.5, 0.6) is 0 Å². The fourth-order valence-corrected chi connectivity index (χ4v) is 2.62. The average molecular weight is 385 g/mol. The Morgan fingerprint density at radius 3 is 2.46 bits per heavy atom. The Morgan fingerprint density at radius 2 is 1.68 bits per heavy atom. The van der Waals surface area contributed by atoms with Crippen LogP contribution >= 0.6 is 0 Å². The van der Waals surface area contributed by atoms with E-state index in [9.17, 15) is 13.2 Å². The number of hydrogen-bond acceptors (Lipinski definition) is 6. The van der Waals surface area contributed by atoms with Crippen molar-refractivity contribution in [1.29, 1.82) is 0 Å². The molecule has 2 aromatic carbocycles. The van der Waals surface area contributed by atoms with Crippen LogP contribution in [-0.2, 0) is 6.42 Å². The fourth-order valence-electron chi connectivity index (χ4n) is 2.62. The third-order valence-electron chi connectivity index (χ3n) is 4.03. The SMILES string of the molecule is Fc1ccc(-c2noc(CCCNc3cnc4cc(F)c(F)cc4n3)n2)cc1. The first kappa shape index (κ1) is 17.9. The molecule has 4 aromatic rings. The number of fused-ring (bicyclic) bond motifs is 1. The van der Waals surface area contributed by atoms with Crippen molar-refractivity contribution in [3.05, 3.63) is 65.9 Å². The van der Waals surface area contributed by atoms with E-state index in [0.29, 0.717) is 42.5 Å². The zero-order chi connectivity index (χ0) is 19.5. The number of anilines is 1. The number of rotatable bonds is 6. The molecule has 28 heavy (non-hydrogen) atoms. The number of nitrogens with zero attached hydrogens (tertiary/aromatic N) is 4. The smallest absolute Gasteiger partial charge is 0.227 e. The molecule has 0 aliphatic carbocycles. The van der Waals surface area contributed by atoms with E-state index in [2.05, 4.69) is 25.4 Å². The minimum atomic E-state index is -0.965. The van der Waals surface area contributed by atoms with Crippen LogP contribution in [0.15, 0.2) is 47.1 Å². The second-order valence-corrected chi connectivity index (χ2v) is 6.06. The highest BCUT2D eigenvalue weighted by molar-refractivity contribution is 5.75. The fraction of sp³-hybridized carbons (Fsp3) is 0.158. The average Bonchev–Trinajstić information content (AvgIpc) is 3.16. The Morgan fingerprint density at radius 1 is 0.929 bits per heavy atom. The van der Waals surface area contributed by atoms with Crippen molar-refractivity contribution >= 4 is 16.9 Å². The lowest BCUT2D eigenvalue weighted by Gasteiger charge is -2.05. The maximum atomic E-state index is 13.3. The summed E-state index contributed by atoms with van der Waals surface area (Å²) in [5.41, 5.74) is 1.22. The molecule has 0 amide bonds. The molecule has 142 valence electrons. The van der Waals surface area contributed by atoms with Gasteiger partial charge in [-0.1, -0.05) is 5.16 Å². The number of aryl methyl sites for hydroxylation is 1. The van der Waals surface area contributed by atoms with Gasteiger partial charge < -0.3 is 9.84 Å². The molecule has 0 aliphatic heterocycles. The summed E-state index contributed by atoms with van der Waals surface area (Å²) in [7, 11) is 0. The molecule has 9 heteroatoms. The van der Waals surface area contributed by atoms with E-state index >= 15 is 0 Å². The van der Waals surface area contributed by atoms with E-state index in [4.69, 9.17) is 4.52 Å². The van der Waals surface area contributed by atoms with E-state index in [1.54, 1.807) is 12.1 Å². The Kier molecular flexibility index (Phi) is 4.88. The lowest BCUT2D eigenvalue weighted by molar-refractivity contribution is 0.377. The summed E-state index contributed by atoms with van der Waals surface area (Å²) >= 11 is 0. The molecule has 0 unspecified atom stereocenters. The number of aromatic nitrogens is 4. The highest BCUT2D eigenvalue weighted by Crippen LogP contribution is 2.18. The molecule has 2 aromatic heterocycles. The Labute approximate surface area is 157 Å². The molecule has 0 radical (unpaired) electrons. The van der Waals surface area contributed by atoms with Crippen molar-refractivity contribution in [1.82, 2.24) is 20.1 Å². The van der Waals surface area contributed by atoms with Gasteiger partial charge >= 0.3 is 0 Å². The molecule has 0 atom stereocenters. The van der Waals surface area contributed by atoms with Gasteiger partial charge in [0.2, 0.25) is 11.7 Å². The summed E-state index contributed by atoms with van der Waals surface area (Å²) in [5.74, 6) is -0.936. The van der Waals surface area contributed by atoms with Gasteiger partial charge in [0.05, 0.1) is 17.2 Å². The Bertz CT molecular complexity index is 1110. The van der Waals surface area contributed by atoms with Gasteiger partial charge in [0.25, 0.3) is 0 Å². The van der Waals surface area contributed by atoms with Crippen molar-refractivity contribution in [2.45, 2.75) is 12.8 Å². The summed E-state index contributed by atoms with van der Waals surface area (Å²) in [6, 6.07) is 7.85. The minimum absolute atomic E-state index is 0.268. The first-order valence-corrected chi connectivity index (χ1v) is 8.53. The molecule has 0 spiro atoms. The number of nitrogens with one attached hydrogen (secondary N) is 1. The standard InChI is InChI=1S/C19H14F3N5O/c20-12-5-3-11(4-6-12)19-26-18(28-27-19)2-1-7-23-17-10-24-15-8-13(21)14(22)9-16(15)25-17/h3-6,8-10H,1-2,7H2,(H,23,25). The van der Waals surface area contributed by atoms with Crippen molar-refractivity contribution in [3.63, 3.8) is 0 Å². The molecule has 0 saturated carbocycles. The van der Waals surface area contributed by atoms with Crippen LogP contribution in [0.4, 0.5) is 19.0 Å². The van der Waals surface area contributed by atoms with Gasteiger partial charge in [-0.15, -0.1) is 0 Å². The first-order chi connectivity index (χ1) is 13.6. The van der Waals surface area contributed by atoms with E-state index in [1.165, 1.54) is 18.3 Å². The van der Waals surface area contributed by atoms with Crippen molar-refractivity contribution in [3.8, 4) is 11.4 Å². The van der Waals surface area contributed by atoms with Crippen molar-refractivity contribution < 1.29 is 17.7 Å². The molecular formula is C19H14F3N5O. The lowest BCUT2D eigenvalue weighted by atomic mass is 10.2. The maximum absolute atomic E-state index is 13.3. The molecule has 4 rings (SSSR count). The molecule has 0 aliphatic rings. The van der Waals surface area contributed by atoms with Gasteiger partial charge in [-0.3, -0.25) is 4.98 Å². The van der Waals surface area contributed by atoms with E-state index in [1.807, 2.05) is 0 Å². The number of halogens is 3. The van der Waals surface area contributed by atoms with E-state index in [-0.39, 0.29) is 16.9 Å². The van der Waals surface area contributed by atoms with Crippen LogP contribution in [0.2, 0.25) is 0 Å². The summed E-state index contributed by atoms with van der Waals surface area (Å²) in [4.78, 5) is 12.6.